The third kappa shape index (κ3) is 2.89. The van der Waals surface area contributed by atoms with Crippen molar-refractivity contribution in [3.8, 4) is 0 Å². The van der Waals surface area contributed by atoms with Crippen LogP contribution < -0.4 is 5.73 Å². The second-order valence-corrected chi connectivity index (χ2v) is 7.48. The zero-order valence-electron chi connectivity index (χ0n) is 11.0. The molecular formula is C12H16ClN3O2S2. The highest BCUT2D eigenvalue weighted by Crippen LogP contribution is 2.35. The molecule has 2 rings (SSSR count). The molecule has 1 aliphatic rings. The molecule has 0 spiro atoms. The number of amidine groups is 1. The number of nitrogens with two attached hydrogens (primary N) is 1. The molecule has 0 aromatic carbocycles. The van der Waals surface area contributed by atoms with Gasteiger partial charge in [-0.25, -0.2) is 0 Å². The van der Waals surface area contributed by atoms with Crippen molar-refractivity contribution >= 4 is 46.4 Å². The molecule has 1 aromatic heterocycles. The van der Waals surface area contributed by atoms with Gasteiger partial charge in [0.1, 0.15) is 0 Å². The van der Waals surface area contributed by atoms with Crippen LogP contribution in [0.25, 0.3) is 0 Å². The number of thioether (sulfide) groups is 1. The number of piperidine rings is 1. The number of thiophene rings is 1. The summed E-state index contributed by atoms with van der Waals surface area (Å²) in [6.45, 7) is 1.18. The summed E-state index contributed by atoms with van der Waals surface area (Å²) in [6.07, 6.45) is 3.29. The van der Waals surface area contributed by atoms with Crippen molar-refractivity contribution in [3.63, 3.8) is 0 Å². The van der Waals surface area contributed by atoms with Crippen LogP contribution in [0.1, 0.15) is 22.5 Å². The first kappa shape index (κ1) is 15.5. The van der Waals surface area contributed by atoms with Gasteiger partial charge in [0.15, 0.2) is 5.84 Å². The Hall–Kier alpha value is -0.920. The van der Waals surface area contributed by atoms with Gasteiger partial charge >= 0.3 is 0 Å². The van der Waals surface area contributed by atoms with Crippen LogP contribution in [-0.4, -0.2) is 45.9 Å². The number of amides is 1. The first-order valence-corrected chi connectivity index (χ1v) is 8.52. The fourth-order valence-corrected chi connectivity index (χ4v) is 4.16. The van der Waals surface area contributed by atoms with Crippen LogP contribution in [0.5, 0.6) is 0 Å². The minimum absolute atomic E-state index is 0.00360. The summed E-state index contributed by atoms with van der Waals surface area (Å²) in [7, 11) is 0. The zero-order valence-corrected chi connectivity index (χ0v) is 13.4. The highest BCUT2D eigenvalue weighted by molar-refractivity contribution is 8.00. The SMILES string of the molecule is CSC1(C(N)=NO)CCN(C(=O)c2ccc(Cl)s2)CC1. The second kappa shape index (κ2) is 6.24. The van der Waals surface area contributed by atoms with E-state index in [0.29, 0.717) is 35.1 Å². The highest BCUT2D eigenvalue weighted by atomic mass is 35.5. The van der Waals surface area contributed by atoms with Crippen molar-refractivity contribution in [2.45, 2.75) is 17.6 Å². The summed E-state index contributed by atoms with van der Waals surface area (Å²) in [5.74, 6) is 0.229. The molecule has 8 heteroatoms. The van der Waals surface area contributed by atoms with E-state index < -0.39 is 0 Å². The lowest BCUT2D eigenvalue weighted by molar-refractivity contribution is 0.0723. The number of carbonyl (C=O) groups excluding carboxylic acids is 1. The molecule has 5 nitrogen and oxygen atoms in total. The first-order chi connectivity index (χ1) is 9.52. The lowest BCUT2D eigenvalue weighted by Gasteiger charge is -2.39. The number of rotatable bonds is 3. The lowest BCUT2D eigenvalue weighted by atomic mass is 9.94. The lowest BCUT2D eigenvalue weighted by Crippen LogP contribution is -2.51. The smallest absolute Gasteiger partial charge is 0.263 e. The van der Waals surface area contributed by atoms with Crippen LogP contribution in [0, 0.1) is 0 Å². The Bertz CT molecular complexity index is 525. The predicted molar refractivity (Wildman–Crippen MR) is 84.1 cm³/mol. The number of carbonyl (C=O) groups is 1. The molecule has 1 aromatic rings. The van der Waals surface area contributed by atoms with E-state index in [9.17, 15) is 4.79 Å². The topological polar surface area (TPSA) is 78.9 Å². The van der Waals surface area contributed by atoms with Crippen molar-refractivity contribution in [2.24, 2.45) is 10.9 Å². The molecule has 0 unspecified atom stereocenters. The van der Waals surface area contributed by atoms with Crippen LogP contribution in [0.15, 0.2) is 17.3 Å². The van der Waals surface area contributed by atoms with E-state index in [1.807, 2.05) is 6.26 Å². The van der Waals surface area contributed by atoms with Gasteiger partial charge in [-0.15, -0.1) is 11.3 Å². The summed E-state index contributed by atoms with van der Waals surface area (Å²) < 4.78 is 0.235. The fourth-order valence-electron chi connectivity index (χ4n) is 2.31. The Kier molecular flexibility index (Phi) is 4.82. The van der Waals surface area contributed by atoms with Gasteiger partial charge in [0, 0.05) is 13.1 Å². The number of hydrogen-bond donors (Lipinski definition) is 2. The summed E-state index contributed by atoms with van der Waals surface area (Å²) in [5.41, 5.74) is 5.79. The number of likely N-dealkylation sites (tertiary alicyclic amines) is 1. The minimum Gasteiger partial charge on any atom is -0.409 e. The summed E-state index contributed by atoms with van der Waals surface area (Å²) in [6, 6.07) is 3.47. The van der Waals surface area contributed by atoms with Crippen LogP contribution in [-0.2, 0) is 0 Å². The quantitative estimate of drug-likeness (QED) is 0.385. The molecule has 0 radical (unpaired) electrons. The van der Waals surface area contributed by atoms with E-state index in [1.54, 1.807) is 28.8 Å². The maximum atomic E-state index is 12.3. The third-order valence-electron chi connectivity index (χ3n) is 3.61. The molecule has 2 heterocycles. The monoisotopic (exact) mass is 333 g/mol. The van der Waals surface area contributed by atoms with E-state index in [2.05, 4.69) is 5.16 Å². The molecule has 1 amide bonds. The van der Waals surface area contributed by atoms with Crippen LogP contribution >= 0.6 is 34.7 Å². The number of halogens is 1. The summed E-state index contributed by atoms with van der Waals surface area (Å²) >= 11 is 8.71. The van der Waals surface area contributed by atoms with Gasteiger partial charge in [-0.3, -0.25) is 4.79 Å². The molecule has 0 bridgehead atoms. The Morgan fingerprint density at radius 2 is 2.20 bits per heavy atom. The largest absolute Gasteiger partial charge is 0.409 e. The molecule has 0 aliphatic carbocycles. The van der Waals surface area contributed by atoms with E-state index in [1.165, 1.54) is 11.3 Å². The maximum absolute atomic E-state index is 12.3. The molecular weight excluding hydrogens is 318 g/mol. The van der Waals surface area contributed by atoms with Gasteiger partial charge < -0.3 is 15.8 Å². The molecule has 1 fully saturated rings. The molecule has 0 saturated carbocycles. The average Bonchev–Trinajstić information content (AvgIpc) is 2.92. The molecule has 1 aliphatic heterocycles. The molecule has 3 N–H and O–H groups in total. The van der Waals surface area contributed by atoms with Gasteiger partial charge in [-0.1, -0.05) is 16.8 Å². The predicted octanol–water partition coefficient (Wildman–Crippen LogP) is 2.49. The van der Waals surface area contributed by atoms with E-state index in [4.69, 9.17) is 22.5 Å². The van der Waals surface area contributed by atoms with Crippen molar-refractivity contribution < 1.29 is 10.0 Å². The Morgan fingerprint density at radius 1 is 1.55 bits per heavy atom. The van der Waals surface area contributed by atoms with Gasteiger partial charge in [0.05, 0.1) is 14.0 Å². The maximum Gasteiger partial charge on any atom is 0.263 e. The fraction of sp³-hybridized carbons (Fsp3) is 0.500. The third-order valence-corrected chi connectivity index (χ3v) is 6.23. The first-order valence-electron chi connectivity index (χ1n) is 6.10. The molecule has 0 atom stereocenters. The normalized spacial score (nSPS) is 19.1. The Morgan fingerprint density at radius 3 is 2.65 bits per heavy atom. The van der Waals surface area contributed by atoms with Crippen molar-refractivity contribution in [2.75, 3.05) is 19.3 Å². The summed E-state index contributed by atoms with van der Waals surface area (Å²) in [5, 5.41) is 12.0. The number of hydrogen-bond acceptors (Lipinski definition) is 5. The standard InChI is InChI=1S/C12H16ClN3O2S2/c1-19-12(11(14)15-18)4-6-16(7-5-12)10(17)8-2-3-9(13)20-8/h2-3,18H,4-7H2,1H3,(H2,14,15). The zero-order chi connectivity index (χ0) is 14.8. The molecule has 1 saturated heterocycles. The van der Waals surface area contributed by atoms with E-state index in [-0.39, 0.29) is 16.5 Å². The van der Waals surface area contributed by atoms with Crippen LogP contribution in [0.2, 0.25) is 4.34 Å². The molecule has 110 valence electrons. The van der Waals surface area contributed by atoms with Gasteiger partial charge in [-0.2, -0.15) is 11.8 Å². The number of oxime groups is 1. The van der Waals surface area contributed by atoms with Gasteiger partial charge in [0.2, 0.25) is 0 Å². The van der Waals surface area contributed by atoms with E-state index >= 15 is 0 Å². The Balaban J connectivity index is 2.06. The van der Waals surface area contributed by atoms with Crippen molar-refractivity contribution in [1.82, 2.24) is 4.90 Å². The molecule has 20 heavy (non-hydrogen) atoms. The number of nitrogens with zero attached hydrogens (tertiary/aromatic N) is 2. The van der Waals surface area contributed by atoms with Crippen molar-refractivity contribution in [3.05, 3.63) is 21.3 Å². The van der Waals surface area contributed by atoms with Gasteiger partial charge in [0.25, 0.3) is 5.91 Å². The Labute approximate surface area is 130 Å². The highest BCUT2D eigenvalue weighted by Gasteiger charge is 2.39. The van der Waals surface area contributed by atoms with Crippen LogP contribution in [0.4, 0.5) is 0 Å². The van der Waals surface area contributed by atoms with Gasteiger partial charge in [-0.05, 0) is 31.2 Å². The average molecular weight is 334 g/mol. The summed E-state index contributed by atoms with van der Waals surface area (Å²) in [4.78, 5) is 14.8. The van der Waals surface area contributed by atoms with Crippen LogP contribution in [0.3, 0.4) is 0 Å². The van der Waals surface area contributed by atoms with E-state index in [0.717, 1.165) is 0 Å². The second-order valence-electron chi connectivity index (χ2n) is 4.58. The minimum atomic E-state index is -0.376. The van der Waals surface area contributed by atoms with Crippen molar-refractivity contribution in [1.29, 1.82) is 0 Å².